The maximum Gasteiger partial charge on any atom is 0.278 e. The van der Waals surface area contributed by atoms with E-state index in [1.54, 1.807) is 26.4 Å². The number of nitrogens with zero attached hydrogens (tertiary/aromatic N) is 2. The van der Waals surface area contributed by atoms with Crippen molar-refractivity contribution in [3.8, 4) is 11.5 Å². The molecule has 0 aliphatic carbocycles. The third kappa shape index (κ3) is 3.74. The number of carbonyl (C=O) groups excluding carboxylic acids is 1. The Morgan fingerprint density at radius 1 is 1.26 bits per heavy atom. The van der Waals surface area contributed by atoms with Crippen LogP contribution in [0.5, 0.6) is 11.5 Å². The summed E-state index contributed by atoms with van der Waals surface area (Å²) in [5.41, 5.74) is 1.30. The molecule has 0 atom stereocenters. The first-order valence-corrected chi connectivity index (χ1v) is 8.84. The van der Waals surface area contributed by atoms with Crippen molar-refractivity contribution in [2.75, 3.05) is 20.8 Å². The zero-order valence-electron chi connectivity index (χ0n) is 16.0. The second kappa shape index (κ2) is 7.69. The van der Waals surface area contributed by atoms with Gasteiger partial charge in [-0.2, -0.15) is 0 Å². The molecule has 8 nitrogen and oxygen atoms in total. The molecule has 0 spiro atoms. The number of hydrogen-bond acceptors (Lipinski definition) is 5. The smallest absolute Gasteiger partial charge is 0.278 e. The average Bonchev–Trinajstić information content (AvgIpc) is 3.00. The highest BCUT2D eigenvalue weighted by atomic mass is 16.5. The summed E-state index contributed by atoms with van der Waals surface area (Å²) < 4.78 is 11.9. The van der Waals surface area contributed by atoms with Crippen LogP contribution >= 0.6 is 0 Å². The number of methoxy groups -OCH3 is 2. The minimum Gasteiger partial charge on any atom is -0.493 e. The van der Waals surface area contributed by atoms with Crippen LogP contribution < -0.4 is 20.3 Å². The molecule has 8 heteroatoms. The molecule has 0 saturated heterocycles. The van der Waals surface area contributed by atoms with E-state index in [0.717, 1.165) is 11.8 Å². The lowest BCUT2D eigenvalue weighted by Gasteiger charge is -2.08. The molecule has 0 unspecified atom stereocenters. The van der Waals surface area contributed by atoms with Crippen molar-refractivity contribution >= 4 is 27.8 Å². The van der Waals surface area contributed by atoms with E-state index in [1.807, 2.05) is 0 Å². The zero-order chi connectivity index (χ0) is 19.6. The predicted molar refractivity (Wildman–Crippen MR) is 103 cm³/mol. The van der Waals surface area contributed by atoms with Gasteiger partial charge in [-0.3, -0.25) is 14.2 Å². The zero-order valence-corrected chi connectivity index (χ0v) is 16.0. The Hall–Kier alpha value is -3.03. The molecular formula is C19H24N4O4. The van der Waals surface area contributed by atoms with Crippen LogP contribution in [0.2, 0.25) is 0 Å². The molecule has 2 aromatic heterocycles. The summed E-state index contributed by atoms with van der Waals surface area (Å²) in [6.07, 6.45) is 2.29. The second-order valence-electron chi connectivity index (χ2n) is 6.81. The van der Waals surface area contributed by atoms with Crippen LogP contribution in [0.25, 0.3) is 21.9 Å². The summed E-state index contributed by atoms with van der Waals surface area (Å²) in [7, 11) is 3.10. The fraction of sp³-hybridized carbons (Fsp3) is 0.421. The van der Waals surface area contributed by atoms with Crippen LogP contribution in [0, 0.1) is 5.92 Å². The number of amides is 1. The Morgan fingerprint density at radius 2 is 1.96 bits per heavy atom. The SMILES string of the molecule is COc1cc2[nH]c3c(=O)n(CC(=O)NCCC(C)C)cnc3c2cc1OC. The molecule has 1 amide bonds. The van der Waals surface area contributed by atoms with Crippen molar-refractivity contribution in [2.24, 2.45) is 5.92 Å². The molecule has 27 heavy (non-hydrogen) atoms. The Morgan fingerprint density at radius 3 is 2.63 bits per heavy atom. The number of benzene rings is 1. The highest BCUT2D eigenvalue weighted by Crippen LogP contribution is 2.34. The number of fused-ring (bicyclic) bond motifs is 3. The molecule has 3 rings (SSSR count). The van der Waals surface area contributed by atoms with Crippen molar-refractivity contribution in [3.63, 3.8) is 0 Å². The number of carbonyl (C=O) groups is 1. The maximum absolute atomic E-state index is 12.8. The lowest BCUT2D eigenvalue weighted by molar-refractivity contribution is -0.121. The van der Waals surface area contributed by atoms with Gasteiger partial charge in [-0.25, -0.2) is 4.98 Å². The molecule has 2 N–H and O–H groups in total. The van der Waals surface area contributed by atoms with E-state index in [-0.39, 0.29) is 18.0 Å². The van der Waals surface area contributed by atoms with Crippen LogP contribution in [0.15, 0.2) is 23.3 Å². The van der Waals surface area contributed by atoms with Crippen molar-refractivity contribution in [1.82, 2.24) is 19.9 Å². The fourth-order valence-corrected chi connectivity index (χ4v) is 2.94. The van der Waals surface area contributed by atoms with Gasteiger partial charge in [0, 0.05) is 18.0 Å². The number of H-pyrrole nitrogens is 1. The number of nitrogens with one attached hydrogen (secondary N) is 2. The molecule has 0 saturated carbocycles. The second-order valence-corrected chi connectivity index (χ2v) is 6.81. The molecular weight excluding hydrogens is 348 g/mol. The lowest BCUT2D eigenvalue weighted by Crippen LogP contribution is -2.33. The fourth-order valence-electron chi connectivity index (χ4n) is 2.94. The van der Waals surface area contributed by atoms with Crippen molar-refractivity contribution in [1.29, 1.82) is 0 Å². The summed E-state index contributed by atoms with van der Waals surface area (Å²) in [4.78, 5) is 32.3. The molecule has 0 aliphatic heterocycles. The Bertz CT molecular complexity index is 1040. The van der Waals surface area contributed by atoms with Gasteiger partial charge in [-0.05, 0) is 18.4 Å². The number of rotatable bonds is 7. The minimum absolute atomic E-state index is 0.0676. The van der Waals surface area contributed by atoms with Crippen molar-refractivity contribution in [3.05, 3.63) is 28.8 Å². The standard InChI is InChI=1S/C19H24N4O4/c1-11(2)5-6-20-16(24)9-23-10-21-17-12-7-14(26-3)15(27-4)8-13(12)22-18(17)19(23)25/h7-8,10-11,22H,5-6,9H2,1-4H3,(H,20,24). The average molecular weight is 372 g/mol. The van der Waals surface area contributed by atoms with Gasteiger partial charge in [0.25, 0.3) is 5.56 Å². The molecule has 0 bridgehead atoms. The largest absolute Gasteiger partial charge is 0.493 e. The van der Waals surface area contributed by atoms with E-state index in [1.165, 1.54) is 10.9 Å². The van der Waals surface area contributed by atoms with E-state index in [0.29, 0.717) is 40.5 Å². The summed E-state index contributed by atoms with van der Waals surface area (Å²) in [5, 5.41) is 3.58. The minimum atomic E-state index is -0.298. The third-order valence-corrected chi connectivity index (χ3v) is 4.43. The number of aromatic nitrogens is 3. The molecule has 0 radical (unpaired) electrons. The highest BCUT2D eigenvalue weighted by Gasteiger charge is 2.15. The van der Waals surface area contributed by atoms with Gasteiger partial charge in [0.2, 0.25) is 5.91 Å². The van der Waals surface area contributed by atoms with Crippen LogP contribution in [-0.4, -0.2) is 41.2 Å². The van der Waals surface area contributed by atoms with E-state index in [4.69, 9.17) is 9.47 Å². The van der Waals surface area contributed by atoms with Crippen molar-refractivity contribution in [2.45, 2.75) is 26.8 Å². The first-order chi connectivity index (χ1) is 12.9. The van der Waals surface area contributed by atoms with E-state index >= 15 is 0 Å². The molecule has 144 valence electrons. The topological polar surface area (TPSA) is 98.2 Å². The van der Waals surface area contributed by atoms with Crippen LogP contribution in [0.4, 0.5) is 0 Å². The lowest BCUT2D eigenvalue weighted by atomic mass is 10.1. The van der Waals surface area contributed by atoms with Crippen LogP contribution in [0.1, 0.15) is 20.3 Å². The van der Waals surface area contributed by atoms with Crippen molar-refractivity contribution < 1.29 is 14.3 Å². The third-order valence-electron chi connectivity index (χ3n) is 4.43. The normalized spacial score (nSPS) is 11.3. The first kappa shape index (κ1) is 18.8. The van der Waals surface area contributed by atoms with E-state index < -0.39 is 0 Å². The predicted octanol–water partition coefficient (Wildman–Crippen LogP) is 2.06. The Labute approximate surface area is 156 Å². The van der Waals surface area contributed by atoms with E-state index in [9.17, 15) is 9.59 Å². The van der Waals surface area contributed by atoms with Crippen LogP contribution in [0.3, 0.4) is 0 Å². The molecule has 0 fully saturated rings. The van der Waals surface area contributed by atoms with Gasteiger partial charge in [0.15, 0.2) is 11.5 Å². The monoisotopic (exact) mass is 372 g/mol. The first-order valence-electron chi connectivity index (χ1n) is 8.84. The van der Waals surface area contributed by atoms with Gasteiger partial charge >= 0.3 is 0 Å². The van der Waals surface area contributed by atoms with Gasteiger partial charge in [-0.15, -0.1) is 0 Å². The summed E-state index contributed by atoms with van der Waals surface area (Å²) >= 11 is 0. The quantitative estimate of drug-likeness (QED) is 0.661. The van der Waals surface area contributed by atoms with E-state index in [2.05, 4.69) is 29.1 Å². The molecule has 3 aromatic rings. The maximum atomic E-state index is 12.8. The summed E-state index contributed by atoms with van der Waals surface area (Å²) in [6, 6.07) is 3.54. The Kier molecular flexibility index (Phi) is 5.34. The van der Waals surface area contributed by atoms with Gasteiger partial charge in [0.05, 0.1) is 26.1 Å². The van der Waals surface area contributed by atoms with Gasteiger partial charge in [0.1, 0.15) is 17.6 Å². The molecule has 1 aromatic carbocycles. The summed E-state index contributed by atoms with van der Waals surface area (Å²) in [5.74, 6) is 1.41. The highest BCUT2D eigenvalue weighted by molar-refractivity contribution is 6.05. The molecule has 0 aliphatic rings. The van der Waals surface area contributed by atoms with Crippen LogP contribution in [-0.2, 0) is 11.3 Å². The Balaban J connectivity index is 1.94. The molecule has 2 heterocycles. The number of aromatic amines is 1. The number of ether oxygens (including phenoxy) is 2. The number of hydrogen-bond donors (Lipinski definition) is 2. The van der Waals surface area contributed by atoms with Gasteiger partial charge < -0.3 is 19.8 Å². The summed E-state index contributed by atoms with van der Waals surface area (Å²) in [6.45, 7) is 4.71. The van der Waals surface area contributed by atoms with Gasteiger partial charge in [-0.1, -0.05) is 13.8 Å².